The number of aromatic nitrogens is 5. The zero-order chi connectivity index (χ0) is 27.4. The number of aryl methyl sites for hydroxylation is 1. The molecular weight excluding hydrogens is 471 g/mol. The minimum atomic E-state index is -0.467. The van der Waals surface area contributed by atoms with Crippen molar-refractivity contribution in [3.8, 4) is 0 Å². The van der Waals surface area contributed by atoms with Crippen LogP contribution in [-0.4, -0.2) is 50.8 Å². The van der Waals surface area contributed by atoms with Crippen molar-refractivity contribution in [1.29, 1.82) is 0 Å². The lowest BCUT2D eigenvalue weighted by Crippen LogP contribution is -2.49. The fourth-order valence-corrected chi connectivity index (χ4v) is 4.58. The Morgan fingerprint density at radius 2 is 1.84 bits per heavy atom. The molecule has 1 amide bonds. The Bertz CT molecular complexity index is 1240. The van der Waals surface area contributed by atoms with Gasteiger partial charge in [-0.1, -0.05) is 47.6 Å². The van der Waals surface area contributed by atoms with E-state index in [1.807, 2.05) is 89.4 Å². The summed E-state index contributed by atoms with van der Waals surface area (Å²) in [5.41, 5.74) is 4.07. The summed E-state index contributed by atoms with van der Waals surface area (Å²) in [6.45, 7) is 15.0. The number of anilines is 3. The summed E-state index contributed by atoms with van der Waals surface area (Å²) in [6.07, 6.45) is 3.78. The third-order valence-corrected chi connectivity index (χ3v) is 6.26. The second-order valence-electron chi connectivity index (χ2n) is 9.83. The lowest BCUT2D eigenvalue weighted by atomic mass is 9.99. The van der Waals surface area contributed by atoms with Gasteiger partial charge in [0.1, 0.15) is 11.7 Å². The van der Waals surface area contributed by atoms with Crippen LogP contribution in [0.15, 0.2) is 24.5 Å². The van der Waals surface area contributed by atoms with Crippen molar-refractivity contribution in [2.45, 2.75) is 73.5 Å². The summed E-state index contributed by atoms with van der Waals surface area (Å²) in [5.74, 6) is 1.05. The normalized spacial score (nSPS) is 14.9. The van der Waals surface area contributed by atoms with Gasteiger partial charge in [0, 0.05) is 32.4 Å². The summed E-state index contributed by atoms with van der Waals surface area (Å²) in [5, 5.41) is 7.47. The Morgan fingerprint density at radius 3 is 2.49 bits per heavy atom. The van der Waals surface area contributed by atoms with Crippen molar-refractivity contribution in [3.63, 3.8) is 0 Å². The molecule has 4 rings (SSSR count). The smallest absolute Gasteiger partial charge is 0.247 e. The molecule has 0 radical (unpaired) electrons. The van der Waals surface area contributed by atoms with Crippen LogP contribution < -0.4 is 15.1 Å². The van der Waals surface area contributed by atoms with Crippen LogP contribution in [0.25, 0.3) is 0 Å². The molecule has 37 heavy (non-hydrogen) atoms. The number of hydrogen-bond donors (Lipinski definition) is 1. The quantitative estimate of drug-likeness (QED) is 0.458. The number of nitrogens with zero attached hydrogens (tertiary/aromatic N) is 7. The molecule has 200 valence electrons. The van der Waals surface area contributed by atoms with Gasteiger partial charge in [-0.2, -0.15) is 14.5 Å². The van der Waals surface area contributed by atoms with Crippen LogP contribution in [0.4, 0.5) is 21.8 Å². The summed E-state index contributed by atoms with van der Waals surface area (Å²) >= 11 is 0. The highest BCUT2D eigenvalue weighted by Gasteiger charge is 2.35. The third kappa shape index (κ3) is 6.06. The van der Waals surface area contributed by atoms with E-state index in [1.54, 1.807) is 6.07 Å². The Kier molecular flexibility index (Phi) is 8.83. The number of carbonyl (C=O) groups is 1. The lowest BCUT2D eigenvalue weighted by Gasteiger charge is -2.37. The van der Waals surface area contributed by atoms with Crippen molar-refractivity contribution in [2.75, 3.05) is 29.2 Å². The van der Waals surface area contributed by atoms with Gasteiger partial charge in [-0.05, 0) is 30.4 Å². The standard InChI is InChI=1S/C25H33FN8O.C2H6/c1-14(2)20-18(8-9-19(26)29-20)13-34-12-17(10-27-34)11-32(6)25-28-16(5)21-23(31-25)33(7)22(15(3)4)24(35)30-21;1-2/h8-10,12,14-15,22H,11,13H2,1-7H3,(H,30,35);1-2H3. The number of halogens is 1. The molecule has 1 aliphatic heterocycles. The van der Waals surface area contributed by atoms with Crippen molar-refractivity contribution >= 4 is 23.4 Å². The minimum Gasteiger partial charge on any atom is -0.345 e. The van der Waals surface area contributed by atoms with Crippen molar-refractivity contribution in [1.82, 2.24) is 24.7 Å². The number of nitrogens with one attached hydrogen (secondary N) is 1. The fraction of sp³-hybridized carbons (Fsp3) is 0.519. The minimum absolute atomic E-state index is 0.0350. The van der Waals surface area contributed by atoms with E-state index >= 15 is 0 Å². The van der Waals surface area contributed by atoms with Crippen LogP contribution >= 0.6 is 0 Å². The van der Waals surface area contributed by atoms with Crippen LogP contribution in [0.1, 0.15) is 70.0 Å². The molecule has 9 nitrogen and oxygen atoms in total. The average molecular weight is 511 g/mol. The molecule has 0 bridgehead atoms. The molecule has 3 aromatic rings. The van der Waals surface area contributed by atoms with Crippen LogP contribution in [-0.2, 0) is 17.9 Å². The molecule has 0 saturated carbocycles. The average Bonchev–Trinajstić information content (AvgIpc) is 3.28. The van der Waals surface area contributed by atoms with Crippen LogP contribution in [0.5, 0.6) is 0 Å². The highest BCUT2D eigenvalue weighted by molar-refractivity contribution is 6.03. The van der Waals surface area contributed by atoms with Crippen molar-refractivity contribution in [2.24, 2.45) is 5.92 Å². The SMILES string of the molecule is CC.Cc1nc(N(C)Cc2cnn(Cc3ccc(F)nc3C(C)C)c2)nc2c1NC(=O)C(C(C)C)N2C. The van der Waals surface area contributed by atoms with E-state index in [1.165, 1.54) is 6.07 Å². The maximum absolute atomic E-state index is 13.6. The molecule has 0 aliphatic carbocycles. The van der Waals surface area contributed by atoms with Gasteiger partial charge >= 0.3 is 0 Å². The van der Waals surface area contributed by atoms with Gasteiger partial charge in [-0.15, -0.1) is 0 Å². The van der Waals surface area contributed by atoms with Gasteiger partial charge < -0.3 is 15.1 Å². The molecule has 1 unspecified atom stereocenters. The number of rotatable bonds is 7. The zero-order valence-electron chi connectivity index (χ0n) is 23.4. The third-order valence-electron chi connectivity index (χ3n) is 6.26. The highest BCUT2D eigenvalue weighted by Crippen LogP contribution is 2.34. The van der Waals surface area contributed by atoms with Gasteiger partial charge in [0.25, 0.3) is 0 Å². The molecule has 1 aliphatic rings. The van der Waals surface area contributed by atoms with Crippen LogP contribution in [0.3, 0.4) is 0 Å². The van der Waals surface area contributed by atoms with E-state index in [9.17, 15) is 9.18 Å². The first kappa shape index (κ1) is 28.0. The Hall–Kier alpha value is -3.56. The fourth-order valence-electron chi connectivity index (χ4n) is 4.58. The monoisotopic (exact) mass is 510 g/mol. The van der Waals surface area contributed by atoms with Gasteiger partial charge in [0.05, 0.1) is 24.1 Å². The summed E-state index contributed by atoms with van der Waals surface area (Å²) in [6, 6.07) is 2.87. The molecule has 4 heterocycles. The number of hydrogen-bond acceptors (Lipinski definition) is 7. The molecule has 10 heteroatoms. The number of carbonyl (C=O) groups excluding carboxylic acids is 1. The Balaban J connectivity index is 0.00000186. The predicted octanol–water partition coefficient (Wildman–Crippen LogP) is 4.76. The molecular formula is C27H39FN8O. The topological polar surface area (TPSA) is 92.1 Å². The first-order valence-corrected chi connectivity index (χ1v) is 12.8. The molecule has 0 saturated heterocycles. The molecule has 1 N–H and O–H groups in total. The summed E-state index contributed by atoms with van der Waals surface area (Å²) < 4.78 is 15.5. The van der Waals surface area contributed by atoms with E-state index in [-0.39, 0.29) is 23.8 Å². The lowest BCUT2D eigenvalue weighted by molar-refractivity contribution is -0.118. The Morgan fingerprint density at radius 1 is 1.14 bits per heavy atom. The maximum atomic E-state index is 13.6. The second-order valence-corrected chi connectivity index (χ2v) is 9.83. The highest BCUT2D eigenvalue weighted by atomic mass is 19.1. The number of pyridine rings is 1. The van der Waals surface area contributed by atoms with Crippen LogP contribution in [0, 0.1) is 18.8 Å². The number of amides is 1. The first-order chi connectivity index (χ1) is 17.5. The van der Waals surface area contributed by atoms with Gasteiger partial charge in [0.15, 0.2) is 5.82 Å². The predicted molar refractivity (Wildman–Crippen MR) is 145 cm³/mol. The number of fused-ring (bicyclic) bond motifs is 1. The van der Waals surface area contributed by atoms with Crippen LogP contribution in [0.2, 0.25) is 0 Å². The molecule has 0 spiro atoms. The number of likely N-dealkylation sites (N-methyl/N-ethyl adjacent to an activating group) is 1. The van der Waals surface area contributed by atoms with E-state index in [4.69, 9.17) is 4.98 Å². The second kappa shape index (κ2) is 11.7. The van der Waals surface area contributed by atoms with E-state index in [0.29, 0.717) is 24.7 Å². The van der Waals surface area contributed by atoms with E-state index < -0.39 is 5.95 Å². The van der Waals surface area contributed by atoms with E-state index in [0.717, 1.165) is 28.3 Å². The summed E-state index contributed by atoms with van der Waals surface area (Å²) in [4.78, 5) is 30.0. The van der Waals surface area contributed by atoms with Gasteiger partial charge in [-0.25, -0.2) is 9.97 Å². The Labute approximate surface area is 219 Å². The summed E-state index contributed by atoms with van der Waals surface area (Å²) in [7, 11) is 3.83. The molecule has 0 fully saturated rings. The molecule has 3 aromatic heterocycles. The zero-order valence-corrected chi connectivity index (χ0v) is 23.4. The largest absolute Gasteiger partial charge is 0.345 e. The van der Waals surface area contributed by atoms with E-state index in [2.05, 4.69) is 20.4 Å². The van der Waals surface area contributed by atoms with Gasteiger partial charge in [0.2, 0.25) is 17.8 Å². The van der Waals surface area contributed by atoms with Crippen molar-refractivity contribution < 1.29 is 9.18 Å². The van der Waals surface area contributed by atoms with Gasteiger partial charge in [-0.3, -0.25) is 9.48 Å². The molecule has 0 aromatic carbocycles. The first-order valence-electron chi connectivity index (χ1n) is 12.8. The molecule has 1 atom stereocenters. The van der Waals surface area contributed by atoms with Crippen molar-refractivity contribution in [3.05, 3.63) is 53.0 Å². The maximum Gasteiger partial charge on any atom is 0.247 e.